The third-order valence-corrected chi connectivity index (χ3v) is 9.65. The molecular weight excluding hydrogens is 294 g/mol. The predicted octanol–water partition coefficient (Wildman–Crippen LogP) is 3.60. The van der Waals surface area contributed by atoms with Crippen LogP contribution in [0.25, 0.3) is 0 Å². The molecule has 0 aromatic carbocycles. The average Bonchev–Trinajstić information content (AvgIpc) is 2.60. The van der Waals surface area contributed by atoms with E-state index in [1.807, 2.05) is 0 Å². The number of nitrogens with zero attached hydrogens (tertiary/aromatic N) is 1. The summed E-state index contributed by atoms with van der Waals surface area (Å²) in [6, 6.07) is 0.403. The summed E-state index contributed by atoms with van der Waals surface area (Å²) in [5, 5.41) is 9.92. The van der Waals surface area contributed by atoms with E-state index in [1.54, 1.807) is 0 Å². The Hall–Kier alpha value is 0.0569. The molecule has 1 saturated heterocycles. The lowest BCUT2D eigenvalue weighted by Crippen LogP contribution is -2.47. The lowest BCUT2D eigenvalue weighted by Gasteiger charge is -2.40. The monoisotopic (exact) mass is 331 g/mol. The van der Waals surface area contributed by atoms with E-state index in [0.717, 1.165) is 6.42 Å². The van der Waals surface area contributed by atoms with Crippen LogP contribution < -0.4 is 0 Å². The molecule has 1 rings (SSSR count). The van der Waals surface area contributed by atoms with Gasteiger partial charge in [-0.1, -0.05) is 20.8 Å². The summed E-state index contributed by atoms with van der Waals surface area (Å²) in [6.45, 7) is 20.5. The molecule has 1 fully saturated rings. The molecule has 0 unspecified atom stereocenters. The lowest BCUT2D eigenvalue weighted by atomic mass is 10.2. The normalized spacial score (nSPS) is 28.4. The van der Waals surface area contributed by atoms with Gasteiger partial charge in [0.2, 0.25) is 0 Å². The third-order valence-electron chi connectivity index (χ3n) is 5.14. The minimum atomic E-state index is -1.79. The minimum Gasteiger partial charge on any atom is -0.412 e. The molecule has 1 N–H and O–H groups in total. The van der Waals surface area contributed by atoms with Gasteiger partial charge in [0.15, 0.2) is 8.32 Å². The Bertz CT molecular complexity index is 360. The molecule has 0 spiro atoms. The number of likely N-dealkylation sites (tertiary alicyclic amines) is 1. The molecule has 0 aromatic heterocycles. The van der Waals surface area contributed by atoms with Crippen molar-refractivity contribution >= 4 is 8.32 Å². The van der Waals surface area contributed by atoms with E-state index in [0.29, 0.717) is 6.73 Å². The number of ether oxygens (including phenoxy) is 1. The Kier molecular flexibility index (Phi) is 6.30. The molecule has 1 aliphatic heterocycles. The summed E-state index contributed by atoms with van der Waals surface area (Å²) in [5.41, 5.74) is -0.169. The molecule has 22 heavy (non-hydrogen) atoms. The highest BCUT2D eigenvalue weighted by atomic mass is 28.4. The lowest BCUT2D eigenvalue weighted by molar-refractivity contribution is -0.0847. The quantitative estimate of drug-likeness (QED) is 0.782. The first-order valence-corrected chi connectivity index (χ1v) is 11.4. The first-order valence-electron chi connectivity index (χ1n) is 8.47. The van der Waals surface area contributed by atoms with Gasteiger partial charge in [-0.25, -0.2) is 0 Å². The molecule has 1 heterocycles. The summed E-state index contributed by atoms with van der Waals surface area (Å²) in [6.07, 6.45) is 1.07. The zero-order chi connectivity index (χ0) is 17.3. The number of aliphatic hydroxyl groups is 1. The van der Waals surface area contributed by atoms with Crippen molar-refractivity contribution in [2.45, 2.75) is 96.8 Å². The number of rotatable bonds is 5. The largest absolute Gasteiger partial charge is 0.412 e. The fourth-order valence-corrected chi connectivity index (χ4v) is 3.92. The van der Waals surface area contributed by atoms with Gasteiger partial charge < -0.3 is 14.3 Å². The van der Waals surface area contributed by atoms with Crippen molar-refractivity contribution < 1.29 is 14.3 Å². The molecule has 0 saturated carbocycles. The molecular formula is C17H37NO3Si. The molecule has 0 radical (unpaired) electrons. The van der Waals surface area contributed by atoms with Crippen LogP contribution in [0.5, 0.6) is 0 Å². The average molecular weight is 332 g/mol. The highest BCUT2D eigenvalue weighted by Crippen LogP contribution is 2.40. The zero-order valence-electron chi connectivity index (χ0n) is 16.1. The third kappa shape index (κ3) is 5.03. The van der Waals surface area contributed by atoms with Gasteiger partial charge in [-0.05, 0) is 52.2 Å². The number of aliphatic hydroxyl groups excluding tert-OH is 1. The molecule has 3 atom stereocenters. The van der Waals surface area contributed by atoms with Crippen molar-refractivity contribution in [2.75, 3.05) is 13.3 Å². The van der Waals surface area contributed by atoms with E-state index < -0.39 is 8.32 Å². The molecule has 132 valence electrons. The fraction of sp³-hybridized carbons (Fsp3) is 1.00. The van der Waals surface area contributed by atoms with Crippen LogP contribution in [-0.2, 0) is 9.16 Å². The molecule has 0 amide bonds. The maximum atomic E-state index is 9.72. The summed E-state index contributed by atoms with van der Waals surface area (Å²) in [7, 11) is -1.79. The van der Waals surface area contributed by atoms with Crippen molar-refractivity contribution in [2.24, 2.45) is 0 Å². The van der Waals surface area contributed by atoms with E-state index >= 15 is 0 Å². The van der Waals surface area contributed by atoms with Crippen molar-refractivity contribution in [1.82, 2.24) is 4.90 Å². The van der Waals surface area contributed by atoms with Crippen molar-refractivity contribution in [1.29, 1.82) is 0 Å². The maximum Gasteiger partial charge on any atom is 0.192 e. The standard InChI is InChI=1S/C17H37NO3Si/c1-13-15(21-22(8,9)17(5,6)7)10-14(11-19)18(13)12-20-16(2,3)4/h13-15,19H,10-12H2,1-9H3/t13-,14-,15+/m0/s1. The van der Waals surface area contributed by atoms with E-state index in [2.05, 4.69) is 66.5 Å². The Morgan fingerprint density at radius 3 is 2.09 bits per heavy atom. The molecule has 0 bridgehead atoms. The second-order valence-electron chi connectivity index (χ2n) is 9.13. The van der Waals surface area contributed by atoms with Gasteiger partial charge >= 0.3 is 0 Å². The number of hydrogen-bond donors (Lipinski definition) is 1. The Morgan fingerprint density at radius 1 is 1.14 bits per heavy atom. The Balaban J connectivity index is 2.76. The van der Waals surface area contributed by atoms with E-state index in [-0.39, 0.29) is 35.4 Å². The van der Waals surface area contributed by atoms with Crippen LogP contribution in [0.2, 0.25) is 18.1 Å². The van der Waals surface area contributed by atoms with Gasteiger partial charge in [0.25, 0.3) is 0 Å². The highest BCUT2D eigenvalue weighted by molar-refractivity contribution is 6.74. The number of hydrogen-bond acceptors (Lipinski definition) is 4. The summed E-state index contributed by atoms with van der Waals surface area (Å²) in [5.74, 6) is 0. The fourth-order valence-electron chi connectivity index (χ4n) is 2.52. The van der Waals surface area contributed by atoms with Crippen LogP contribution in [0.3, 0.4) is 0 Å². The molecule has 4 nitrogen and oxygen atoms in total. The van der Waals surface area contributed by atoms with Crippen LogP contribution in [0.4, 0.5) is 0 Å². The maximum absolute atomic E-state index is 9.72. The molecule has 5 heteroatoms. The highest BCUT2D eigenvalue weighted by Gasteiger charge is 2.45. The van der Waals surface area contributed by atoms with E-state index in [4.69, 9.17) is 9.16 Å². The zero-order valence-corrected chi connectivity index (χ0v) is 17.1. The Morgan fingerprint density at radius 2 is 1.68 bits per heavy atom. The van der Waals surface area contributed by atoms with Gasteiger partial charge in [0, 0.05) is 12.1 Å². The van der Waals surface area contributed by atoms with Crippen LogP contribution in [0, 0.1) is 0 Å². The second-order valence-corrected chi connectivity index (χ2v) is 13.9. The SMILES string of the molecule is C[C@H]1[C@H](O[Si](C)(C)C(C)(C)C)C[C@@H](CO)N1COC(C)(C)C. The Labute approximate surface area is 138 Å². The van der Waals surface area contributed by atoms with Crippen LogP contribution in [0.15, 0.2) is 0 Å². The van der Waals surface area contributed by atoms with E-state index in [9.17, 15) is 5.11 Å². The second kappa shape index (κ2) is 6.89. The van der Waals surface area contributed by atoms with Crippen LogP contribution >= 0.6 is 0 Å². The van der Waals surface area contributed by atoms with Gasteiger partial charge in [-0.2, -0.15) is 0 Å². The summed E-state index contributed by atoms with van der Waals surface area (Å²) in [4.78, 5) is 2.25. The van der Waals surface area contributed by atoms with Gasteiger partial charge in [-0.3, -0.25) is 4.90 Å². The minimum absolute atomic E-state index is 0.132. The van der Waals surface area contributed by atoms with Crippen molar-refractivity contribution in [3.8, 4) is 0 Å². The van der Waals surface area contributed by atoms with E-state index in [1.165, 1.54) is 0 Å². The van der Waals surface area contributed by atoms with Crippen molar-refractivity contribution in [3.05, 3.63) is 0 Å². The van der Waals surface area contributed by atoms with Gasteiger partial charge in [0.05, 0.1) is 18.3 Å². The molecule has 0 aromatic rings. The topological polar surface area (TPSA) is 41.9 Å². The van der Waals surface area contributed by atoms with Gasteiger partial charge in [0.1, 0.15) is 6.73 Å². The predicted molar refractivity (Wildman–Crippen MR) is 94.6 cm³/mol. The van der Waals surface area contributed by atoms with Crippen molar-refractivity contribution in [3.63, 3.8) is 0 Å². The first-order chi connectivity index (χ1) is 9.78. The summed E-state index contributed by atoms with van der Waals surface area (Å²) >= 11 is 0. The summed E-state index contributed by atoms with van der Waals surface area (Å²) < 4.78 is 12.5. The molecule has 1 aliphatic rings. The van der Waals surface area contributed by atoms with Crippen LogP contribution in [-0.4, -0.2) is 55.5 Å². The van der Waals surface area contributed by atoms with Gasteiger partial charge in [-0.15, -0.1) is 0 Å². The van der Waals surface area contributed by atoms with Crippen LogP contribution in [0.1, 0.15) is 54.9 Å². The molecule has 0 aliphatic carbocycles. The first kappa shape index (κ1) is 20.1. The smallest absolute Gasteiger partial charge is 0.192 e.